The van der Waals surface area contributed by atoms with Crippen LogP contribution in [0.1, 0.15) is 24.0 Å². The average Bonchev–Trinajstić information content (AvgIpc) is 3.20. The van der Waals surface area contributed by atoms with E-state index in [1.165, 1.54) is 31.5 Å². The van der Waals surface area contributed by atoms with Crippen LogP contribution in [0.25, 0.3) is 0 Å². The van der Waals surface area contributed by atoms with Gasteiger partial charge in [-0.05, 0) is 31.5 Å². The van der Waals surface area contributed by atoms with Gasteiger partial charge in [0, 0.05) is 29.9 Å². The highest BCUT2D eigenvalue weighted by atomic mass is 19.1. The zero-order valence-corrected chi connectivity index (χ0v) is 14.9. The van der Waals surface area contributed by atoms with E-state index >= 15 is 0 Å². The molecule has 0 bridgehead atoms. The Labute approximate surface area is 155 Å². The number of pyridine rings is 1. The number of methoxy groups -OCH3 is 1. The Morgan fingerprint density at radius 1 is 1.30 bits per heavy atom. The fraction of sp³-hybridized carbons (Fsp3) is 0.368. The Morgan fingerprint density at radius 3 is 2.85 bits per heavy atom. The summed E-state index contributed by atoms with van der Waals surface area (Å²) in [6.45, 7) is 0.933. The van der Waals surface area contributed by atoms with Crippen molar-refractivity contribution in [1.82, 2.24) is 15.6 Å². The number of carbonyl (C=O) groups excluding carboxylic acids is 1. The SMILES string of the molecule is COc1cc(OCc2cncc(F)c2)c(F)cc1CNC(=O)[C@@H]1CCCN1. The average molecular weight is 377 g/mol. The van der Waals surface area contributed by atoms with Gasteiger partial charge in [0.15, 0.2) is 11.6 Å². The van der Waals surface area contributed by atoms with Crippen molar-refractivity contribution in [3.63, 3.8) is 0 Å². The predicted molar refractivity (Wildman–Crippen MR) is 94.4 cm³/mol. The summed E-state index contributed by atoms with van der Waals surface area (Å²) in [6.07, 6.45) is 4.28. The number of benzene rings is 1. The van der Waals surface area contributed by atoms with Gasteiger partial charge in [0.25, 0.3) is 0 Å². The summed E-state index contributed by atoms with van der Waals surface area (Å²) < 4.78 is 38.2. The third kappa shape index (κ3) is 4.91. The van der Waals surface area contributed by atoms with Crippen molar-refractivity contribution in [2.24, 2.45) is 0 Å². The van der Waals surface area contributed by atoms with E-state index < -0.39 is 11.6 Å². The second-order valence-corrected chi connectivity index (χ2v) is 6.26. The zero-order chi connectivity index (χ0) is 19.2. The first-order valence-electron chi connectivity index (χ1n) is 8.66. The van der Waals surface area contributed by atoms with Gasteiger partial charge < -0.3 is 20.1 Å². The van der Waals surface area contributed by atoms with Crippen molar-refractivity contribution in [3.8, 4) is 11.5 Å². The topological polar surface area (TPSA) is 72.5 Å². The summed E-state index contributed by atoms with van der Waals surface area (Å²) >= 11 is 0. The molecule has 0 unspecified atom stereocenters. The first-order valence-corrected chi connectivity index (χ1v) is 8.66. The highest BCUT2D eigenvalue weighted by Crippen LogP contribution is 2.29. The van der Waals surface area contributed by atoms with Crippen LogP contribution in [-0.2, 0) is 17.9 Å². The third-order valence-corrected chi connectivity index (χ3v) is 4.32. The van der Waals surface area contributed by atoms with Crippen LogP contribution in [0.2, 0.25) is 0 Å². The molecule has 1 amide bonds. The second kappa shape index (κ2) is 8.77. The van der Waals surface area contributed by atoms with E-state index in [2.05, 4.69) is 15.6 Å². The first kappa shape index (κ1) is 19.0. The zero-order valence-electron chi connectivity index (χ0n) is 14.9. The Balaban J connectivity index is 1.66. The standard InChI is InChI=1S/C19H21F2N3O3/c1-26-17-7-18(27-11-12-5-14(20)10-22-8-12)15(21)6-13(17)9-24-19(25)16-3-2-4-23-16/h5-8,10,16,23H,2-4,9,11H2,1H3,(H,24,25)/t16-/m0/s1. The molecule has 0 spiro atoms. The third-order valence-electron chi connectivity index (χ3n) is 4.32. The lowest BCUT2D eigenvalue weighted by Gasteiger charge is -2.15. The first-order chi connectivity index (χ1) is 13.1. The lowest BCUT2D eigenvalue weighted by molar-refractivity contribution is -0.122. The van der Waals surface area contributed by atoms with Crippen molar-refractivity contribution in [1.29, 1.82) is 0 Å². The fourth-order valence-electron chi connectivity index (χ4n) is 2.92. The summed E-state index contributed by atoms with van der Waals surface area (Å²) in [5.41, 5.74) is 0.981. The summed E-state index contributed by atoms with van der Waals surface area (Å²) in [5, 5.41) is 5.90. The number of amides is 1. The lowest BCUT2D eigenvalue weighted by Crippen LogP contribution is -2.40. The molecular formula is C19H21F2N3O3. The monoisotopic (exact) mass is 377 g/mol. The molecule has 2 N–H and O–H groups in total. The van der Waals surface area contributed by atoms with Crippen LogP contribution < -0.4 is 20.1 Å². The minimum atomic E-state index is -0.594. The quantitative estimate of drug-likeness (QED) is 0.775. The summed E-state index contributed by atoms with van der Waals surface area (Å²) in [6, 6.07) is 3.74. The van der Waals surface area contributed by atoms with Crippen LogP contribution in [0.5, 0.6) is 11.5 Å². The summed E-state index contributed by atoms with van der Waals surface area (Å²) in [4.78, 5) is 15.8. The van der Waals surface area contributed by atoms with E-state index in [0.29, 0.717) is 16.9 Å². The van der Waals surface area contributed by atoms with Crippen molar-refractivity contribution in [2.45, 2.75) is 32.0 Å². The number of ether oxygens (including phenoxy) is 2. The Kier molecular flexibility index (Phi) is 6.18. The molecule has 1 aromatic carbocycles. The van der Waals surface area contributed by atoms with Crippen molar-refractivity contribution in [3.05, 3.63) is 53.4 Å². The maximum absolute atomic E-state index is 14.4. The Morgan fingerprint density at radius 2 is 2.15 bits per heavy atom. The van der Waals surface area contributed by atoms with E-state index in [0.717, 1.165) is 25.6 Å². The number of rotatable bonds is 7. The molecule has 0 radical (unpaired) electrons. The molecule has 0 aliphatic carbocycles. The van der Waals surface area contributed by atoms with Crippen molar-refractivity contribution >= 4 is 5.91 Å². The molecule has 1 aliphatic rings. The number of nitrogens with zero attached hydrogens (tertiary/aromatic N) is 1. The molecule has 1 fully saturated rings. The molecule has 144 valence electrons. The van der Waals surface area contributed by atoms with Gasteiger partial charge in [-0.1, -0.05) is 0 Å². The molecule has 2 heterocycles. The summed E-state index contributed by atoms with van der Waals surface area (Å²) in [7, 11) is 1.46. The smallest absolute Gasteiger partial charge is 0.237 e. The number of carbonyl (C=O) groups is 1. The van der Waals surface area contributed by atoms with Crippen molar-refractivity contribution < 1.29 is 23.0 Å². The fourth-order valence-corrected chi connectivity index (χ4v) is 2.92. The van der Waals surface area contributed by atoms with Crippen LogP contribution in [0.3, 0.4) is 0 Å². The van der Waals surface area contributed by atoms with Gasteiger partial charge in [-0.3, -0.25) is 9.78 Å². The van der Waals surface area contributed by atoms with E-state index in [1.807, 2.05) is 0 Å². The van der Waals surface area contributed by atoms with E-state index in [4.69, 9.17) is 9.47 Å². The van der Waals surface area contributed by atoms with Gasteiger partial charge >= 0.3 is 0 Å². The molecule has 1 atom stereocenters. The number of halogens is 2. The van der Waals surface area contributed by atoms with Crippen LogP contribution >= 0.6 is 0 Å². The molecule has 1 aliphatic heterocycles. The van der Waals surface area contributed by atoms with Gasteiger partial charge in [-0.25, -0.2) is 8.78 Å². The normalized spacial score (nSPS) is 16.2. The number of aromatic nitrogens is 1. The highest BCUT2D eigenvalue weighted by Gasteiger charge is 2.22. The maximum Gasteiger partial charge on any atom is 0.237 e. The van der Waals surface area contributed by atoms with Crippen LogP contribution in [0.15, 0.2) is 30.6 Å². The van der Waals surface area contributed by atoms with Gasteiger partial charge in [0.1, 0.15) is 18.2 Å². The minimum Gasteiger partial charge on any atom is -0.496 e. The van der Waals surface area contributed by atoms with E-state index in [1.54, 1.807) is 0 Å². The van der Waals surface area contributed by atoms with Gasteiger partial charge in [0.2, 0.25) is 5.91 Å². The maximum atomic E-state index is 14.4. The van der Waals surface area contributed by atoms with E-state index in [-0.39, 0.29) is 30.9 Å². The van der Waals surface area contributed by atoms with Gasteiger partial charge in [-0.2, -0.15) is 0 Å². The van der Waals surface area contributed by atoms with Gasteiger partial charge in [0.05, 0.1) is 19.3 Å². The number of nitrogens with one attached hydrogen (secondary N) is 2. The van der Waals surface area contributed by atoms with Crippen molar-refractivity contribution in [2.75, 3.05) is 13.7 Å². The summed E-state index contributed by atoms with van der Waals surface area (Å²) in [5.74, 6) is -0.832. The number of hydrogen-bond acceptors (Lipinski definition) is 5. The Bertz CT molecular complexity index is 811. The van der Waals surface area contributed by atoms with Gasteiger partial charge in [-0.15, -0.1) is 0 Å². The molecule has 6 nitrogen and oxygen atoms in total. The molecule has 8 heteroatoms. The molecule has 1 saturated heterocycles. The molecule has 2 aromatic rings. The van der Waals surface area contributed by atoms with E-state index in [9.17, 15) is 13.6 Å². The molecule has 0 saturated carbocycles. The number of hydrogen-bond donors (Lipinski definition) is 2. The van der Waals surface area contributed by atoms with Crippen LogP contribution in [0.4, 0.5) is 8.78 Å². The Hall–Kier alpha value is -2.74. The molecule has 1 aromatic heterocycles. The molecular weight excluding hydrogens is 356 g/mol. The predicted octanol–water partition coefficient (Wildman–Crippen LogP) is 2.32. The minimum absolute atomic E-state index is 0.0244. The van der Waals surface area contributed by atoms with Crippen LogP contribution in [0, 0.1) is 11.6 Å². The lowest BCUT2D eigenvalue weighted by atomic mass is 10.1. The highest BCUT2D eigenvalue weighted by molar-refractivity contribution is 5.82. The largest absolute Gasteiger partial charge is 0.496 e. The molecule has 27 heavy (non-hydrogen) atoms. The molecule has 3 rings (SSSR count). The van der Waals surface area contributed by atoms with Crippen LogP contribution in [-0.4, -0.2) is 30.6 Å². The second-order valence-electron chi connectivity index (χ2n) is 6.26.